The van der Waals surface area contributed by atoms with E-state index in [0.29, 0.717) is 33.7 Å². The fourth-order valence-corrected chi connectivity index (χ4v) is 3.94. The third-order valence-electron chi connectivity index (χ3n) is 5.36. The Bertz CT molecular complexity index is 1080. The molecule has 2 amide bonds. The number of rotatable bonds is 6. The highest BCUT2D eigenvalue weighted by atomic mass is 35.5. The quantitative estimate of drug-likeness (QED) is 0.570. The van der Waals surface area contributed by atoms with Gasteiger partial charge in [0.2, 0.25) is 0 Å². The minimum atomic E-state index is -0.347. The zero-order valence-electron chi connectivity index (χ0n) is 18.2. The lowest BCUT2D eigenvalue weighted by molar-refractivity contribution is 0.256. The standard InChI is InChI=1S/C23H26ClN5O3/c1-31-18-10-11-19(20(14-18)32-2)28(23(30)25-17-8-6-7-16(24)13-17)15-21-26-22-9-4-3-5-12-29(22)27-21/h6-8,10-11,13-14H,3-5,9,12,15H2,1-2H3,(H,25,30). The number of hydrogen-bond donors (Lipinski definition) is 1. The number of aryl methyl sites for hydroxylation is 2. The van der Waals surface area contributed by atoms with Crippen molar-refractivity contribution >= 4 is 29.0 Å². The van der Waals surface area contributed by atoms with Gasteiger partial charge in [-0.1, -0.05) is 24.1 Å². The van der Waals surface area contributed by atoms with Crippen molar-refractivity contribution in [3.63, 3.8) is 0 Å². The molecule has 32 heavy (non-hydrogen) atoms. The lowest BCUT2D eigenvalue weighted by Crippen LogP contribution is -2.35. The molecule has 3 aromatic rings. The van der Waals surface area contributed by atoms with E-state index in [1.807, 2.05) is 4.68 Å². The number of urea groups is 1. The maximum Gasteiger partial charge on any atom is 0.326 e. The number of hydrogen-bond acceptors (Lipinski definition) is 5. The Morgan fingerprint density at radius 2 is 2.03 bits per heavy atom. The molecule has 1 aliphatic heterocycles. The van der Waals surface area contributed by atoms with E-state index in [2.05, 4.69) is 10.4 Å². The predicted molar refractivity (Wildman–Crippen MR) is 124 cm³/mol. The maximum atomic E-state index is 13.4. The SMILES string of the molecule is COc1ccc(N(Cc2nc3n(n2)CCCCC3)C(=O)Nc2cccc(Cl)c2)c(OC)c1. The molecule has 2 heterocycles. The van der Waals surface area contributed by atoms with Gasteiger partial charge in [0.1, 0.15) is 17.3 Å². The van der Waals surface area contributed by atoms with Crippen LogP contribution in [0.15, 0.2) is 42.5 Å². The van der Waals surface area contributed by atoms with Crippen LogP contribution in [-0.4, -0.2) is 35.0 Å². The second kappa shape index (κ2) is 9.91. The molecule has 0 atom stereocenters. The van der Waals surface area contributed by atoms with Gasteiger partial charge in [0.25, 0.3) is 0 Å². The Morgan fingerprint density at radius 3 is 2.81 bits per heavy atom. The van der Waals surface area contributed by atoms with Crippen LogP contribution in [0.1, 0.15) is 30.9 Å². The van der Waals surface area contributed by atoms with E-state index in [-0.39, 0.29) is 12.6 Å². The van der Waals surface area contributed by atoms with E-state index in [1.165, 1.54) is 6.42 Å². The second-order valence-electron chi connectivity index (χ2n) is 7.54. The Hall–Kier alpha value is -3.26. The first kappa shape index (κ1) is 22.0. The van der Waals surface area contributed by atoms with E-state index in [9.17, 15) is 4.79 Å². The number of benzene rings is 2. The molecule has 1 N–H and O–H groups in total. The van der Waals surface area contributed by atoms with Crippen molar-refractivity contribution in [1.29, 1.82) is 0 Å². The van der Waals surface area contributed by atoms with Crippen molar-refractivity contribution in [1.82, 2.24) is 14.8 Å². The summed E-state index contributed by atoms with van der Waals surface area (Å²) in [5.74, 6) is 2.69. The van der Waals surface area contributed by atoms with Crippen molar-refractivity contribution in [2.75, 3.05) is 24.4 Å². The molecule has 168 valence electrons. The molecule has 1 aliphatic rings. The number of methoxy groups -OCH3 is 2. The van der Waals surface area contributed by atoms with Crippen molar-refractivity contribution in [2.24, 2.45) is 0 Å². The summed E-state index contributed by atoms with van der Waals surface area (Å²) in [7, 11) is 3.14. The van der Waals surface area contributed by atoms with Gasteiger partial charge in [-0.15, -0.1) is 0 Å². The van der Waals surface area contributed by atoms with Crippen LogP contribution in [0, 0.1) is 0 Å². The van der Waals surface area contributed by atoms with Crippen LogP contribution >= 0.6 is 11.6 Å². The van der Waals surface area contributed by atoms with Crippen LogP contribution in [0.25, 0.3) is 0 Å². The Balaban J connectivity index is 1.67. The third kappa shape index (κ3) is 4.96. The van der Waals surface area contributed by atoms with Crippen LogP contribution in [0.3, 0.4) is 0 Å². The average molecular weight is 456 g/mol. The molecular weight excluding hydrogens is 430 g/mol. The molecule has 4 rings (SSSR count). The summed E-state index contributed by atoms with van der Waals surface area (Å²) in [6.45, 7) is 1.04. The predicted octanol–water partition coefficient (Wildman–Crippen LogP) is 4.91. The van der Waals surface area contributed by atoms with Gasteiger partial charge >= 0.3 is 6.03 Å². The van der Waals surface area contributed by atoms with E-state index in [0.717, 1.165) is 31.6 Å². The third-order valence-corrected chi connectivity index (χ3v) is 5.60. The number of nitrogens with zero attached hydrogens (tertiary/aromatic N) is 4. The molecule has 2 aromatic carbocycles. The van der Waals surface area contributed by atoms with Crippen molar-refractivity contribution < 1.29 is 14.3 Å². The Kier molecular flexibility index (Phi) is 6.80. The van der Waals surface area contributed by atoms with Crippen molar-refractivity contribution in [3.8, 4) is 11.5 Å². The summed E-state index contributed by atoms with van der Waals surface area (Å²) >= 11 is 6.09. The largest absolute Gasteiger partial charge is 0.497 e. The van der Waals surface area contributed by atoms with E-state index < -0.39 is 0 Å². The number of halogens is 1. The second-order valence-corrected chi connectivity index (χ2v) is 7.98. The normalized spacial score (nSPS) is 13.1. The van der Waals surface area contributed by atoms with E-state index in [1.54, 1.807) is 61.6 Å². The first-order chi connectivity index (χ1) is 15.6. The number of ether oxygens (including phenoxy) is 2. The molecular formula is C23H26ClN5O3. The summed E-state index contributed by atoms with van der Waals surface area (Å²) in [5.41, 5.74) is 1.17. The summed E-state index contributed by atoms with van der Waals surface area (Å²) in [4.78, 5) is 19.6. The lowest BCUT2D eigenvalue weighted by atomic mass is 10.2. The van der Waals surface area contributed by atoms with Gasteiger partial charge in [-0.3, -0.25) is 4.90 Å². The average Bonchev–Trinajstić information content (AvgIpc) is 3.05. The number of nitrogens with one attached hydrogen (secondary N) is 1. The first-order valence-electron chi connectivity index (χ1n) is 10.6. The fourth-order valence-electron chi connectivity index (χ4n) is 3.75. The minimum Gasteiger partial charge on any atom is -0.497 e. The number of anilines is 2. The highest BCUT2D eigenvalue weighted by Gasteiger charge is 2.24. The van der Waals surface area contributed by atoms with Crippen LogP contribution in [0.5, 0.6) is 11.5 Å². The van der Waals surface area contributed by atoms with Gasteiger partial charge in [0.15, 0.2) is 5.82 Å². The molecule has 0 saturated carbocycles. The van der Waals surface area contributed by atoms with Gasteiger partial charge in [-0.05, 0) is 43.2 Å². The first-order valence-corrected chi connectivity index (χ1v) is 10.9. The van der Waals surface area contributed by atoms with Gasteiger partial charge in [0.05, 0.1) is 26.5 Å². The van der Waals surface area contributed by atoms with Crippen LogP contribution in [-0.2, 0) is 19.5 Å². The minimum absolute atomic E-state index is 0.190. The maximum absolute atomic E-state index is 13.4. The van der Waals surface area contributed by atoms with Crippen LogP contribution in [0.4, 0.5) is 16.2 Å². The van der Waals surface area contributed by atoms with Crippen LogP contribution < -0.4 is 19.7 Å². The monoisotopic (exact) mass is 455 g/mol. The van der Waals surface area contributed by atoms with Gasteiger partial charge in [0, 0.05) is 29.7 Å². The lowest BCUT2D eigenvalue weighted by Gasteiger charge is -2.24. The molecule has 0 aliphatic carbocycles. The summed E-state index contributed by atoms with van der Waals surface area (Å²) < 4.78 is 12.8. The zero-order valence-corrected chi connectivity index (χ0v) is 18.9. The molecule has 0 saturated heterocycles. The van der Waals surface area contributed by atoms with Crippen molar-refractivity contribution in [2.45, 2.75) is 38.8 Å². The zero-order chi connectivity index (χ0) is 22.5. The summed E-state index contributed by atoms with van der Waals surface area (Å²) in [6.07, 6.45) is 4.26. The highest BCUT2D eigenvalue weighted by Crippen LogP contribution is 2.33. The summed E-state index contributed by atoms with van der Waals surface area (Å²) in [5, 5.41) is 8.11. The number of fused-ring (bicyclic) bond motifs is 1. The van der Waals surface area contributed by atoms with E-state index in [4.69, 9.17) is 26.1 Å². The summed E-state index contributed by atoms with van der Waals surface area (Å²) in [6, 6.07) is 12.0. The van der Waals surface area contributed by atoms with Gasteiger partial charge in [-0.25, -0.2) is 14.5 Å². The van der Waals surface area contributed by atoms with Crippen LogP contribution in [0.2, 0.25) is 5.02 Å². The Labute approximate surface area is 192 Å². The van der Waals surface area contributed by atoms with Gasteiger partial charge < -0.3 is 14.8 Å². The molecule has 0 spiro atoms. The molecule has 0 radical (unpaired) electrons. The Morgan fingerprint density at radius 1 is 1.16 bits per heavy atom. The fraction of sp³-hybridized carbons (Fsp3) is 0.348. The molecule has 1 aromatic heterocycles. The van der Waals surface area contributed by atoms with Crippen molar-refractivity contribution in [3.05, 3.63) is 59.1 Å². The topological polar surface area (TPSA) is 81.5 Å². The molecule has 0 unspecified atom stereocenters. The molecule has 0 fully saturated rings. The number of amides is 2. The molecule has 8 nitrogen and oxygen atoms in total. The van der Waals surface area contributed by atoms with E-state index >= 15 is 0 Å². The highest BCUT2D eigenvalue weighted by molar-refractivity contribution is 6.30. The van der Waals surface area contributed by atoms with Gasteiger partial charge in [-0.2, -0.15) is 5.10 Å². The number of aromatic nitrogens is 3. The molecule has 0 bridgehead atoms. The smallest absolute Gasteiger partial charge is 0.326 e. The number of carbonyl (C=O) groups is 1. The molecule has 9 heteroatoms. The number of carbonyl (C=O) groups excluding carboxylic acids is 1.